The smallest absolute Gasteiger partial charge is 0.259 e. The van der Waals surface area contributed by atoms with E-state index in [1.165, 1.54) is 7.11 Å². The maximum atomic E-state index is 12.6. The van der Waals surface area contributed by atoms with E-state index >= 15 is 0 Å². The molecule has 3 rings (SSSR count). The van der Waals surface area contributed by atoms with E-state index in [0.29, 0.717) is 11.4 Å². The summed E-state index contributed by atoms with van der Waals surface area (Å²) in [6.07, 6.45) is 7.21. The number of nitrogens with zero attached hydrogens (tertiary/aromatic N) is 5. The molecule has 0 aliphatic carbocycles. The van der Waals surface area contributed by atoms with Crippen molar-refractivity contribution < 1.29 is 9.53 Å². The van der Waals surface area contributed by atoms with Gasteiger partial charge in [-0.1, -0.05) is 0 Å². The molecule has 0 N–H and O–H groups in total. The fraction of sp³-hybridized carbons (Fsp3) is 0.438. The Morgan fingerprint density at radius 2 is 2.04 bits per heavy atom. The van der Waals surface area contributed by atoms with Crippen molar-refractivity contribution in [3.63, 3.8) is 0 Å². The summed E-state index contributed by atoms with van der Waals surface area (Å²) in [5, 5.41) is 0. The molecule has 2 aromatic heterocycles. The van der Waals surface area contributed by atoms with Crippen LogP contribution in [-0.4, -0.2) is 70.1 Å². The predicted molar refractivity (Wildman–Crippen MR) is 85.4 cm³/mol. The highest BCUT2D eigenvalue weighted by atomic mass is 16.5. The van der Waals surface area contributed by atoms with Crippen LogP contribution in [0.25, 0.3) is 0 Å². The molecule has 7 nitrogen and oxygen atoms in total. The van der Waals surface area contributed by atoms with Crippen LogP contribution in [0.3, 0.4) is 0 Å². The van der Waals surface area contributed by atoms with Crippen LogP contribution >= 0.6 is 0 Å². The van der Waals surface area contributed by atoms with Gasteiger partial charge < -0.3 is 14.2 Å². The molecule has 1 aliphatic rings. The number of hydrogen-bond acceptors (Lipinski definition) is 5. The monoisotopic (exact) mass is 315 g/mol. The van der Waals surface area contributed by atoms with Crippen LogP contribution in [-0.2, 0) is 6.54 Å². The van der Waals surface area contributed by atoms with Crippen molar-refractivity contribution in [3.8, 4) is 5.88 Å². The second-order valence-corrected chi connectivity index (χ2v) is 5.49. The first-order valence-electron chi connectivity index (χ1n) is 7.74. The van der Waals surface area contributed by atoms with Crippen molar-refractivity contribution in [2.45, 2.75) is 6.54 Å². The van der Waals surface area contributed by atoms with E-state index < -0.39 is 0 Å². The SMILES string of the molecule is COc1ncccc1C(=O)N1CCN(CCn2ccnc2)CC1. The van der Waals surface area contributed by atoms with E-state index in [1.807, 2.05) is 17.4 Å². The van der Waals surface area contributed by atoms with Crippen LogP contribution in [0.1, 0.15) is 10.4 Å². The molecule has 0 aromatic carbocycles. The third-order valence-electron chi connectivity index (χ3n) is 4.09. The van der Waals surface area contributed by atoms with E-state index in [0.717, 1.165) is 39.3 Å². The zero-order chi connectivity index (χ0) is 16.1. The number of piperazine rings is 1. The third-order valence-corrected chi connectivity index (χ3v) is 4.09. The van der Waals surface area contributed by atoms with Gasteiger partial charge in [0.25, 0.3) is 5.91 Å². The van der Waals surface area contributed by atoms with Gasteiger partial charge in [-0.05, 0) is 12.1 Å². The molecule has 1 fully saturated rings. The lowest BCUT2D eigenvalue weighted by molar-refractivity contribution is 0.0629. The predicted octanol–water partition coefficient (Wildman–Crippen LogP) is 0.745. The molecule has 0 unspecified atom stereocenters. The Kier molecular flexibility index (Phi) is 4.87. The van der Waals surface area contributed by atoms with Gasteiger partial charge in [0.15, 0.2) is 0 Å². The van der Waals surface area contributed by atoms with Crippen LogP contribution < -0.4 is 4.74 Å². The summed E-state index contributed by atoms with van der Waals surface area (Å²) in [6.45, 7) is 5.09. The van der Waals surface area contributed by atoms with Gasteiger partial charge >= 0.3 is 0 Å². The standard InChI is InChI=1S/C16H21N5O2/c1-23-15-14(3-2-4-18-15)16(22)21-11-9-19(10-12-21)7-8-20-6-5-17-13-20/h2-6,13H,7-12H2,1H3. The molecule has 0 bridgehead atoms. The first-order chi connectivity index (χ1) is 11.3. The summed E-state index contributed by atoms with van der Waals surface area (Å²) in [5.74, 6) is 0.379. The summed E-state index contributed by atoms with van der Waals surface area (Å²) in [4.78, 5) is 25.0. The number of hydrogen-bond donors (Lipinski definition) is 0. The molecule has 0 saturated carbocycles. The Bertz CT molecular complexity index is 636. The molecule has 23 heavy (non-hydrogen) atoms. The lowest BCUT2D eigenvalue weighted by atomic mass is 10.2. The lowest BCUT2D eigenvalue weighted by Gasteiger charge is -2.34. The number of pyridine rings is 1. The minimum absolute atomic E-state index is 0.00999. The van der Waals surface area contributed by atoms with Gasteiger partial charge in [-0.3, -0.25) is 9.69 Å². The van der Waals surface area contributed by atoms with Crippen LogP contribution in [0.4, 0.5) is 0 Å². The van der Waals surface area contributed by atoms with Gasteiger partial charge in [-0.25, -0.2) is 9.97 Å². The second kappa shape index (κ2) is 7.23. The van der Waals surface area contributed by atoms with Crippen LogP contribution in [0.15, 0.2) is 37.1 Å². The van der Waals surface area contributed by atoms with Gasteiger partial charge in [-0.2, -0.15) is 0 Å². The van der Waals surface area contributed by atoms with E-state index in [1.54, 1.807) is 24.5 Å². The Labute approximate surface area is 135 Å². The molecule has 0 atom stereocenters. The first-order valence-corrected chi connectivity index (χ1v) is 7.74. The van der Waals surface area contributed by atoms with Crippen molar-refractivity contribution in [3.05, 3.63) is 42.6 Å². The van der Waals surface area contributed by atoms with Gasteiger partial charge in [0.2, 0.25) is 5.88 Å². The third kappa shape index (κ3) is 3.68. The van der Waals surface area contributed by atoms with Gasteiger partial charge in [0.05, 0.1) is 13.4 Å². The number of methoxy groups -OCH3 is 1. The van der Waals surface area contributed by atoms with Crippen LogP contribution in [0.2, 0.25) is 0 Å². The normalized spacial score (nSPS) is 15.6. The van der Waals surface area contributed by atoms with E-state index in [4.69, 9.17) is 4.74 Å². The van der Waals surface area contributed by atoms with Crippen molar-refractivity contribution in [1.82, 2.24) is 24.3 Å². The van der Waals surface area contributed by atoms with E-state index in [-0.39, 0.29) is 5.91 Å². The van der Waals surface area contributed by atoms with Crippen molar-refractivity contribution in [2.24, 2.45) is 0 Å². The minimum atomic E-state index is -0.00999. The number of carbonyl (C=O) groups excluding carboxylic acids is 1. The summed E-state index contributed by atoms with van der Waals surface area (Å²) in [7, 11) is 1.53. The Balaban J connectivity index is 1.53. The van der Waals surface area contributed by atoms with Crippen LogP contribution in [0.5, 0.6) is 5.88 Å². The number of rotatable bonds is 5. The number of imidazole rings is 1. The largest absolute Gasteiger partial charge is 0.480 e. The van der Waals surface area contributed by atoms with Gasteiger partial charge in [0, 0.05) is 57.9 Å². The molecule has 7 heteroatoms. The molecule has 1 aliphatic heterocycles. The molecule has 3 heterocycles. The summed E-state index contributed by atoms with van der Waals surface area (Å²) >= 11 is 0. The highest BCUT2D eigenvalue weighted by Crippen LogP contribution is 2.17. The molecule has 2 aromatic rings. The fourth-order valence-corrected chi connectivity index (χ4v) is 2.74. The Morgan fingerprint density at radius 1 is 1.22 bits per heavy atom. The molecular formula is C16H21N5O2. The summed E-state index contributed by atoms with van der Waals surface area (Å²) in [5.41, 5.74) is 0.530. The Morgan fingerprint density at radius 3 is 2.74 bits per heavy atom. The zero-order valence-corrected chi connectivity index (χ0v) is 13.3. The van der Waals surface area contributed by atoms with E-state index in [2.05, 4.69) is 19.4 Å². The first kappa shape index (κ1) is 15.5. The van der Waals surface area contributed by atoms with Crippen LogP contribution in [0, 0.1) is 0 Å². The number of carbonyl (C=O) groups is 1. The van der Waals surface area contributed by atoms with Crippen molar-refractivity contribution in [1.29, 1.82) is 0 Å². The molecule has 0 spiro atoms. The minimum Gasteiger partial charge on any atom is -0.480 e. The molecule has 1 saturated heterocycles. The molecular weight excluding hydrogens is 294 g/mol. The molecule has 1 amide bonds. The average Bonchev–Trinajstić information content (AvgIpc) is 3.13. The lowest BCUT2D eigenvalue weighted by Crippen LogP contribution is -2.49. The maximum Gasteiger partial charge on any atom is 0.259 e. The van der Waals surface area contributed by atoms with Crippen molar-refractivity contribution >= 4 is 5.91 Å². The topological polar surface area (TPSA) is 63.5 Å². The number of amides is 1. The average molecular weight is 315 g/mol. The summed E-state index contributed by atoms with van der Waals surface area (Å²) in [6, 6.07) is 3.52. The number of ether oxygens (including phenoxy) is 1. The zero-order valence-electron chi connectivity index (χ0n) is 13.3. The van der Waals surface area contributed by atoms with Gasteiger partial charge in [0.1, 0.15) is 5.56 Å². The van der Waals surface area contributed by atoms with Crippen molar-refractivity contribution in [2.75, 3.05) is 39.8 Å². The second-order valence-electron chi connectivity index (χ2n) is 5.49. The maximum absolute atomic E-state index is 12.6. The highest BCUT2D eigenvalue weighted by Gasteiger charge is 2.24. The quantitative estimate of drug-likeness (QED) is 0.814. The van der Waals surface area contributed by atoms with Gasteiger partial charge in [-0.15, -0.1) is 0 Å². The molecule has 0 radical (unpaired) electrons. The Hall–Kier alpha value is -2.41. The summed E-state index contributed by atoms with van der Waals surface area (Å²) < 4.78 is 7.25. The highest BCUT2D eigenvalue weighted by molar-refractivity contribution is 5.96. The number of aromatic nitrogens is 3. The molecule has 122 valence electrons. The van der Waals surface area contributed by atoms with E-state index in [9.17, 15) is 4.79 Å². The fourth-order valence-electron chi connectivity index (χ4n) is 2.74.